The molecule has 1 saturated heterocycles. The Kier molecular flexibility index (Phi) is 3.35. The molecule has 1 heterocycles. The highest BCUT2D eigenvalue weighted by atomic mass is 16.4. The minimum atomic E-state index is -0.920. The van der Waals surface area contributed by atoms with Crippen LogP contribution in [-0.4, -0.2) is 76.6 Å². The van der Waals surface area contributed by atoms with Crippen LogP contribution in [0.1, 0.15) is 25.7 Å². The first-order valence-electron chi connectivity index (χ1n) is 7.16. The van der Waals surface area contributed by atoms with Crippen LogP contribution in [0.4, 0.5) is 4.79 Å². The maximum absolute atomic E-state index is 12.4. The predicted molar refractivity (Wildman–Crippen MR) is 68.9 cm³/mol. The van der Waals surface area contributed by atoms with Gasteiger partial charge in [-0.25, -0.2) is 4.79 Å². The average Bonchev–Trinajstić information content (AvgIpc) is 3.28. The van der Waals surface area contributed by atoms with Crippen molar-refractivity contribution in [3.63, 3.8) is 0 Å². The second-order valence-corrected chi connectivity index (χ2v) is 5.79. The zero-order chi connectivity index (χ0) is 13.4. The summed E-state index contributed by atoms with van der Waals surface area (Å²) in [5, 5.41) is 8.91. The predicted octanol–water partition coefficient (Wildman–Crippen LogP) is 0.435. The molecule has 0 aromatic heterocycles. The highest BCUT2D eigenvalue weighted by Crippen LogP contribution is 2.29. The summed E-state index contributed by atoms with van der Waals surface area (Å²) in [7, 11) is 0. The van der Waals surface area contributed by atoms with Crippen molar-refractivity contribution in [2.45, 2.75) is 37.8 Å². The van der Waals surface area contributed by atoms with Crippen molar-refractivity contribution in [3.05, 3.63) is 0 Å². The summed E-state index contributed by atoms with van der Waals surface area (Å²) in [5.74, 6) is -0.920. The maximum Gasteiger partial charge on any atom is 0.323 e. The van der Waals surface area contributed by atoms with Gasteiger partial charge in [-0.15, -0.1) is 0 Å². The van der Waals surface area contributed by atoms with Gasteiger partial charge in [0.05, 0.1) is 0 Å². The van der Waals surface area contributed by atoms with Gasteiger partial charge in [0.1, 0.15) is 6.54 Å². The summed E-state index contributed by atoms with van der Waals surface area (Å²) < 4.78 is 0. The lowest BCUT2D eigenvalue weighted by Gasteiger charge is -2.37. The minimum Gasteiger partial charge on any atom is -0.480 e. The first-order chi connectivity index (χ1) is 9.15. The molecule has 6 heteroatoms. The largest absolute Gasteiger partial charge is 0.480 e. The van der Waals surface area contributed by atoms with Crippen LogP contribution in [0, 0.1) is 0 Å². The number of rotatable bonds is 4. The Balaban J connectivity index is 1.54. The van der Waals surface area contributed by atoms with Crippen molar-refractivity contribution in [1.29, 1.82) is 0 Å². The van der Waals surface area contributed by atoms with Gasteiger partial charge in [0.25, 0.3) is 0 Å². The molecule has 0 aromatic carbocycles. The normalized spacial score (nSPS) is 24.3. The molecule has 106 valence electrons. The average molecular weight is 267 g/mol. The number of hydrogen-bond acceptors (Lipinski definition) is 3. The van der Waals surface area contributed by atoms with Gasteiger partial charge in [0.2, 0.25) is 0 Å². The summed E-state index contributed by atoms with van der Waals surface area (Å²) >= 11 is 0. The molecule has 0 bridgehead atoms. The molecule has 3 fully saturated rings. The van der Waals surface area contributed by atoms with E-state index in [1.54, 1.807) is 0 Å². The highest BCUT2D eigenvalue weighted by Gasteiger charge is 2.38. The monoisotopic (exact) mass is 267 g/mol. The SMILES string of the molecule is O=C(O)CN(C(=O)N1CCN(C2CC2)CC1)C1CC1. The van der Waals surface area contributed by atoms with Crippen LogP contribution >= 0.6 is 0 Å². The molecule has 1 N–H and O–H groups in total. The van der Waals surface area contributed by atoms with Gasteiger partial charge < -0.3 is 14.9 Å². The Morgan fingerprint density at radius 3 is 2.16 bits per heavy atom. The number of nitrogens with zero attached hydrogens (tertiary/aromatic N) is 3. The van der Waals surface area contributed by atoms with Crippen LogP contribution in [0.15, 0.2) is 0 Å². The maximum atomic E-state index is 12.4. The molecule has 2 amide bonds. The third-order valence-electron chi connectivity index (χ3n) is 4.19. The Labute approximate surface area is 112 Å². The number of carboxylic acid groups (broad SMARTS) is 1. The summed E-state index contributed by atoms with van der Waals surface area (Å²) in [4.78, 5) is 29.0. The molecule has 19 heavy (non-hydrogen) atoms. The third-order valence-corrected chi connectivity index (χ3v) is 4.19. The molecule has 0 atom stereocenters. The number of piperazine rings is 1. The lowest BCUT2D eigenvalue weighted by molar-refractivity contribution is -0.137. The van der Waals surface area contributed by atoms with Crippen LogP contribution in [0.25, 0.3) is 0 Å². The summed E-state index contributed by atoms with van der Waals surface area (Å²) in [6.07, 6.45) is 4.48. The van der Waals surface area contributed by atoms with E-state index in [0.29, 0.717) is 0 Å². The fraction of sp³-hybridized carbons (Fsp3) is 0.846. The molecular formula is C13H21N3O3. The van der Waals surface area contributed by atoms with Gasteiger partial charge in [0, 0.05) is 38.3 Å². The zero-order valence-corrected chi connectivity index (χ0v) is 11.1. The van der Waals surface area contributed by atoms with E-state index in [1.165, 1.54) is 17.7 Å². The van der Waals surface area contributed by atoms with E-state index in [0.717, 1.165) is 45.1 Å². The molecule has 0 spiro atoms. The van der Waals surface area contributed by atoms with Crippen molar-refractivity contribution in [2.24, 2.45) is 0 Å². The molecule has 0 unspecified atom stereocenters. The third kappa shape index (κ3) is 3.00. The smallest absolute Gasteiger partial charge is 0.323 e. The van der Waals surface area contributed by atoms with Crippen LogP contribution in [0.5, 0.6) is 0 Å². The molecule has 0 aromatic rings. The first kappa shape index (κ1) is 12.7. The number of carbonyl (C=O) groups is 2. The van der Waals surface area contributed by atoms with Crippen molar-refractivity contribution < 1.29 is 14.7 Å². The van der Waals surface area contributed by atoms with Crippen molar-refractivity contribution in [2.75, 3.05) is 32.7 Å². The Morgan fingerprint density at radius 2 is 1.68 bits per heavy atom. The van der Waals surface area contributed by atoms with E-state index in [4.69, 9.17) is 5.11 Å². The van der Waals surface area contributed by atoms with Crippen LogP contribution in [-0.2, 0) is 4.79 Å². The summed E-state index contributed by atoms with van der Waals surface area (Å²) in [6.45, 7) is 3.17. The number of amides is 2. The minimum absolute atomic E-state index is 0.0830. The van der Waals surface area contributed by atoms with Crippen molar-refractivity contribution >= 4 is 12.0 Å². The van der Waals surface area contributed by atoms with E-state index in [9.17, 15) is 9.59 Å². The van der Waals surface area contributed by atoms with Gasteiger partial charge in [-0.3, -0.25) is 9.69 Å². The standard InChI is InChI=1S/C13H21N3O3/c17-12(18)9-16(11-3-4-11)13(19)15-7-5-14(6-8-15)10-1-2-10/h10-11H,1-9H2,(H,17,18). The Bertz CT molecular complexity index is 371. The number of carbonyl (C=O) groups excluding carboxylic acids is 1. The summed E-state index contributed by atoms with van der Waals surface area (Å²) in [6, 6.07) is 0.821. The first-order valence-corrected chi connectivity index (χ1v) is 7.16. The van der Waals surface area contributed by atoms with Crippen molar-refractivity contribution in [1.82, 2.24) is 14.7 Å². The second kappa shape index (κ2) is 5.00. The molecule has 2 aliphatic carbocycles. The number of hydrogen-bond donors (Lipinski definition) is 1. The molecular weight excluding hydrogens is 246 g/mol. The molecule has 3 rings (SSSR count). The van der Waals surface area contributed by atoms with Crippen LogP contribution in [0.3, 0.4) is 0 Å². The van der Waals surface area contributed by atoms with E-state index in [-0.39, 0.29) is 18.6 Å². The molecule has 1 aliphatic heterocycles. The Hall–Kier alpha value is -1.30. The van der Waals surface area contributed by atoms with Crippen molar-refractivity contribution in [3.8, 4) is 0 Å². The zero-order valence-electron chi connectivity index (χ0n) is 11.1. The van der Waals surface area contributed by atoms with E-state index in [2.05, 4.69) is 4.90 Å². The lowest BCUT2D eigenvalue weighted by Crippen LogP contribution is -2.54. The van der Waals surface area contributed by atoms with Gasteiger partial charge in [-0.05, 0) is 25.7 Å². The highest BCUT2D eigenvalue weighted by molar-refractivity contribution is 5.81. The van der Waals surface area contributed by atoms with E-state index < -0.39 is 5.97 Å². The quantitative estimate of drug-likeness (QED) is 0.802. The molecule has 0 radical (unpaired) electrons. The second-order valence-electron chi connectivity index (χ2n) is 5.79. The van der Waals surface area contributed by atoms with E-state index in [1.807, 2.05) is 4.90 Å². The molecule has 6 nitrogen and oxygen atoms in total. The number of aliphatic carboxylic acids is 1. The van der Waals surface area contributed by atoms with Crippen LogP contribution in [0.2, 0.25) is 0 Å². The fourth-order valence-corrected chi connectivity index (χ4v) is 2.78. The van der Waals surface area contributed by atoms with E-state index >= 15 is 0 Å². The molecule has 2 saturated carbocycles. The fourth-order valence-electron chi connectivity index (χ4n) is 2.78. The van der Waals surface area contributed by atoms with Gasteiger partial charge >= 0.3 is 12.0 Å². The van der Waals surface area contributed by atoms with Gasteiger partial charge in [0.15, 0.2) is 0 Å². The summed E-state index contributed by atoms with van der Waals surface area (Å²) in [5.41, 5.74) is 0. The van der Waals surface area contributed by atoms with Gasteiger partial charge in [-0.2, -0.15) is 0 Å². The number of carboxylic acids is 1. The van der Waals surface area contributed by atoms with Crippen LogP contribution < -0.4 is 0 Å². The lowest BCUT2D eigenvalue weighted by atomic mass is 10.3. The topological polar surface area (TPSA) is 64.1 Å². The number of urea groups is 1. The van der Waals surface area contributed by atoms with Gasteiger partial charge in [-0.1, -0.05) is 0 Å². The Morgan fingerprint density at radius 1 is 1.05 bits per heavy atom. The molecule has 3 aliphatic rings.